The van der Waals surface area contributed by atoms with Gasteiger partial charge in [0.1, 0.15) is 11.5 Å². The minimum atomic E-state index is -2.68. The van der Waals surface area contributed by atoms with Crippen molar-refractivity contribution in [1.82, 2.24) is 0 Å². The highest BCUT2D eigenvalue weighted by atomic mass is 28.4. The van der Waals surface area contributed by atoms with Gasteiger partial charge in [-0.15, -0.1) is 6.58 Å². The van der Waals surface area contributed by atoms with Gasteiger partial charge in [-0.25, -0.2) is 0 Å². The molecule has 0 saturated heterocycles. The molecule has 1 N–H and O–H groups in total. The second-order valence-corrected chi connectivity index (χ2v) is 12.3. The van der Waals surface area contributed by atoms with Crippen molar-refractivity contribution in [1.29, 1.82) is 0 Å². The van der Waals surface area contributed by atoms with Crippen molar-refractivity contribution in [2.45, 2.75) is 32.2 Å². The van der Waals surface area contributed by atoms with E-state index in [4.69, 9.17) is 4.43 Å². The first-order valence-electron chi connectivity index (χ1n) is 9.61. The third kappa shape index (κ3) is 3.76. The van der Waals surface area contributed by atoms with Crippen LogP contribution in [0.25, 0.3) is 0 Å². The molecule has 28 heavy (non-hydrogen) atoms. The van der Waals surface area contributed by atoms with E-state index >= 15 is 0 Å². The van der Waals surface area contributed by atoms with Gasteiger partial charge in [0.25, 0.3) is 0 Å². The molecular formula is C25H28O2Si. The number of hydrogen-bond donors (Lipinski definition) is 1. The lowest BCUT2D eigenvalue weighted by molar-refractivity contribution is 0.460. The molecule has 144 valence electrons. The molecule has 0 saturated carbocycles. The van der Waals surface area contributed by atoms with Gasteiger partial charge in [-0.2, -0.15) is 0 Å². The van der Waals surface area contributed by atoms with Crippen molar-refractivity contribution in [3.63, 3.8) is 0 Å². The number of phenols is 1. The quantitative estimate of drug-likeness (QED) is 0.472. The van der Waals surface area contributed by atoms with Gasteiger partial charge in [-0.1, -0.05) is 93.6 Å². The molecular weight excluding hydrogens is 360 g/mol. The standard InChI is InChI=1S/C25H28O2Si/c1-5-12-20-17-18-21(19-24(20)26)27-28(25(2,3)4,22-13-8-6-9-14-22)23-15-10-7-11-16-23/h5-11,13-19,26H,1,12H2,2-4H3. The van der Waals surface area contributed by atoms with E-state index in [9.17, 15) is 5.11 Å². The molecule has 0 amide bonds. The first-order chi connectivity index (χ1) is 13.4. The Bertz CT molecular complexity index is 888. The Hall–Kier alpha value is -2.78. The van der Waals surface area contributed by atoms with Gasteiger partial charge in [0.05, 0.1) is 0 Å². The number of benzene rings is 3. The Labute approximate surface area is 169 Å². The minimum Gasteiger partial charge on any atom is -0.534 e. The summed E-state index contributed by atoms with van der Waals surface area (Å²) in [6.45, 7) is 10.5. The van der Waals surface area contributed by atoms with E-state index in [0.29, 0.717) is 12.2 Å². The maximum Gasteiger partial charge on any atom is 0.319 e. The van der Waals surface area contributed by atoms with Crippen LogP contribution in [0.15, 0.2) is 91.5 Å². The zero-order chi connectivity index (χ0) is 20.2. The van der Waals surface area contributed by atoms with E-state index in [1.54, 1.807) is 12.1 Å². The van der Waals surface area contributed by atoms with Crippen molar-refractivity contribution >= 4 is 18.7 Å². The van der Waals surface area contributed by atoms with Crippen LogP contribution in [0.4, 0.5) is 0 Å². The Morgan fingerprint density at radius 3 is 1.86 bits per heavy atom. The van der Waals surface area contributed by atoms with E-state index < -0.39 is 8.32 Å². The number of aromatic hydroxyl groups is 1. The van der Waals surface area contributed by atoms with Gasteiger partial charge >= 0.3 is 8.32 Å². The van der Waals surface area contributed by atoms with Gasteiger partial charge in [0, 0.05) is 6.07 Å². The summed E-state index contributed by atoms with van der Waals surface area (Å²) in [5, 5.41) is 12.8. The Morgan fingerprint density at radius 2 is 1.43 bits per heavy atom. The maximum absolute atomic E-state index is 10.5. The normalized spacial score (nSPS) is 11.8. The van der Waals surface area contributed by atoms with Crippen LogP contribution in [-0.4, -0.2) is 13.4 Å². The number of rotatable bonds is 6. The van der Waals surface area contributed by atoms with Gasteiger partial charge in [0.15, 0.2) is 0 Å². The number of allylic oxidation sites excluding steroid dienone is 1. The average molecular weight is 389 g/mol. The molecule has 0 aliphatic carbocycles. The van der Waals surface area contributed by atoms with Gasteiger partial charge < -0.3 is 9.53 Å². The van der Waals surface area contributed by atoms with Crippen molar-refractivity contribution in [2.24, 2.45) is 0 Å². The fourth-order valence-corrected chi connectivity index (χ4v) is 8.17. The minimum absolute atomic E-state index is 0.120. The first-order valence-corrected chi connectivity index (χ1v) is 11.5. The second-order valence-electron chi connectivity index (χ2n) is 8.05. The van der Waals surface area contributed by atoms with Gasteiger partial charge in [-0.05, 0) is 33.5 Å². The lowest BCUT2D eigenvalue weighted by Crippen LogP contribution is -2.68. The van der Waals surface area contributed by atoms with Crippen LogP contribution in [0.5, 0.6) is 11.5 Å². The fraction of sp³-hybridized carbons (Fsp3) is 0.200. The number of phenolic OH excluding ortho intramolecular Hbond substituents is 1. The predicted octanol–water partition coefficient (Wildman–Crippen LogP) is 5.06. The van der Waals surface area contributed by atoms with E-state index in [0.717, 1.165) is 5.56 Å². The van der Waals surface area contributed by atoms with Crippen LogP contribution in [-0.2, 0) is 6.42 Å². The molecule has 0 fully saturated rings. The van der Waals surface area contributed by atoms with Gasteiger partial charge in [-0.3, -0.25) is 0 Å². The van der Waals surface area contributed by atoms with Crippen molar-refractivity contribution in [2.75, 3.05) is 0 Å². The Morgan fingerprint density at radius 1 is 0.893 bits per heavy atom. The third-order valence-electron chi connectivity index (χ3n) is 5.11. The van der Waals surface area contributed by atoms with Crippen molar-refractivity contribution < 1.29 is 9.53 Å². The van der Waals surface area contributed by atoms with E-state index in [2.05, 4.69) is 75.9 Å². The van der Waals surface area contributed by atoms with Crippen molar-refractivity contribution in [3.05, 3.63) is 97.1 Å². The molecule has 0 heterocycles. The Kier molecular flexibility index (Phi) is 5.75. The van der Waals surface area contributed by atoms with Crippen LogP contribution < -0.4 is 14.8 Å². The van der Waals surface area contributed by atoms with Gasteiger partial charge in [0.2, 0.25) is 0 Å². The summed E-state index contributed by atoms with van der Waals surface area (Å²) in [7, 11) is -2.68. The third-order valence-corrected chi connectivity index (χ3v) is 10.1. The second kappa shape index (κ2) is 8.07. The monoisotopic (exact) mass is 388 g/mol. The van der Waals surface area contributed by atoms with Crippen LogP contribution in [0, 0.1) is 0 Å². The summed E-state index contributed by atoms with van der Waals surface area (Å²) in [6.07, 6.45) is 2.42. The van der Waals surface area contributed by atoms with E-state index in [1.165, 1.54) is 10.4 Å². The van der Waals surface area contributed by atoms with E-state index in [1.807, 2.05) is 24.3 Å². The summed E-state index contributed by atoms with van der Waals surface area (Å²) in [6, 6.07) is 26.6. The van der Waals surface area contributed by atoms with E-state index in [-0.39, 0.29) is 10.8 Å². The van der Waals surface area contributed by atoms with Crippen LogP contribution in [0.1, 0.15) is 26.3 Å². The molecule has 0 radical (unpaired) electrons. The molecule has 0 atom stereocenters. The molecule has 3 aromatic rings. The predicted molar refractivity (Wildman–Crippen MR) is 120 cm³/mol. The molecule has 0 aliphatic rings. The molecule has 0 bridgehead atoms. The zero-order valence-corrected chi connectivity index (χ0v) is 17.9. The molecule has 0 unspecified atom stereocenters. The Balaban J connectivity index is 2.19. The van der Waals surface area contributed by atoms with Crippen molar-refractivity contribution in [3.8, 4) is 11.5 Å². The molecule has 3 rings (SSSR count). The lowest BCUT2D eigenvalue weighted by atomic mass is 10.1. The lowest BCUT2D eigenvalue weighted by Gasteiger charge is -2.43. The van der Waals surface area contributed by atoms with Crippen LogP contribution >= 0.6 is 0 Å². The summed E-state index contributed by atoms with van der Waals surface area (Å²) in [5.74, 6) is 0.940. The fourth-order valence-electron chi connectivity index (χ4n) is 3.76. The highest BCUT2D eigenvalue weighted by Crippen LogP contribution is 2.38. The highest BCUT2D eigenvalue weighted by molar-refractivity contribution is 7.00. The molecule has 0 aromatic heterocycles. The SMILES string of the molecule is C=CCc1ccc(O[Si](c2ccccc2)(c2ccccc2)C(C)(C)C)cc1O. The summed E-state index contributed by atoms with van der Waals surface area (Å²) in [4.78, 5) is 0. The van der Waals surface area contributed by atoms with Crippen LogP contribution in [0.2, 0.25) is 5.04 Å². The molecule has 3 aromatic carbocycles. The zero-order valence-electron chi connectivity index (χ0n) is 16.9. The highest BCUT2D eigenvalue weighted by Gasteiger charge is 2.52. The largest absolute Gasteiger partial charge is 0.534 e. The number of hydrogen-bond acceptors (Lipinski definition) is 2. The first kappa shape index (κ1) is 20.0. The average Bonchev–Trinajstić information content (AvgIpc) is 2.68. The summed E-state index contributed by atoms with van der Waals surface area (Å²) < 4.78 is 6.91. The summed E-state index contributed by atoms with van der Waals surface area (Å²) in [5.41, 5.74) is 0.852. The maximum atomic E-state index is 10.5. The van der Waals surface area contributed by atoms with Crippen LogP contribution in [0.3, 0.4) is 0 Å². The molecule has 0 spiro atoms. The molecule has 0 aliphatic heterocycles. The topological polar surface area (TPSA) is 29.5 Å². The smallest absolute Gasteiger partial charge is 0.319 e. The summed E-state index contributed by atoms with van der Waals surface area (Å²) >= 11 is 0. The molecule has 2 nitrogen and oxygen atoms in total. The molecule has 3 heteroatoms.